The number of carbonyl (C=O) groups excluding carboxylic acids is 3. The molecular formula is C27H30N6O6. The number of urea groups is 1. The molecule has 0 saturated carbocycles. The number of aliphatic imine (C=N–C) groups is 1. The zero-order valence-corrected chi connectivity index (χ0v) is 22.1. The smallest absolute Gasteiger partial charge is 0.332 e. The molecule has 39 heavy (non-hydrogen) atoms. The van der Waals surface area contributed by atoms with Crippen LogP contribution in [0.2, 0.25) is 0 Å². The number of amides is 4. The minimum Gasteiger partial charge on any atom is -0.494 e. The first-order valence-electron chi connectivity index (χ1n) is 12.8. The molecule has 0 aliphatic carbocycles. The van der Waals surface area contributed by atoms with Crippen LogP contribution in [0.25, 0.3) is 0 Å². The molecule has 12 heteroatoms. The lowest BCUT2D eigenvalue weighted by Crippen LogP contribution is -2.70. The van der Waals surface area contributed by atoms with Crippen LogP contribution in [0.4, 0.5) is 16.2 Å². The summed E-state index contributed by atoms with van der Waals surface area (Å²) in [5.74, 6) is -1.53. The largest absolute Gasteiger partial charge is 0.494 e. The second-order valence-electron chi connectivity index (χ2n) is 10.1. The lowest BCUT2D eigenvalue weighted by atomic mass is 9.68. The molecule has 1 aromatic heterocycles. The number of hydrogen-bond donors (Lipinski definition) is 2. The average Bonchev–Trinajstić information content (AvgIpc) is 3.42. The monoisotopic (exact) mass is 534 g/mol. The molecule has 3 aliphatic rings. The molecule has 1 aromatic carbocycles. The van der Waals surface area contributed by atoms with E-state index in [1.165, 1.54) is 20.2 Å². The van der Waals surface area contributed by atoms with Crippen LogP contribution in [-0.4, -0.2) is 74.7 Å². The maximum Gasteiger partial charge on any atom is 0.332 e. The first-order chi connectivity index (χ1) is 18.6. The van der Waals surface area contributed by atoms with Gasteiger partial charge in [-0.05, 0) is 49.4 Å². The van der Waals surface area contributed by atoms with Gasteiger partial charge in [-0.2, -0.15) is 0 Å². The van der Waals surface area contributed by atoms with Crippen molar-refractivity contribution in [1.29, 1.82) is 0 Å². The number of benzene rings is 1. The number of anilines is 1. The number of aromatic hydroxyl groups is 1. The predicted molar refractivity (Wildman–Crippen MR) is 144 cm³/mol. The van der Waals surface area contributed by atoms with Gasteiger partial charge in [0.1, 0.15) is 5.56 Å². The highest BCUT2D eigenvalue weighted by atomic mass is 16.3. The number of carbonyl (C=O) groups is 3. The summed E-state index contributed by atoms with van der Waals surface area (Å²) in [6.07, 6.45) is 3.25. The molecule has 3 aliphatic heterocycles. The van der Waals surface area contributed by atoms with E-state index in [0.29, 0.717) is 18.7 Å². The molecule has 4 amide bonds. The van der Waals surface area contributed by atoms with E-state index in [0.717, 1.165) is 32.0 Å². The maximum atomic E-state index is 13.6. The van der Waals surface area contributed by atoms with Crippen LogP contribution in [0.5, 0.6) is 5.88 Å². The Bertz CT molecular complexity index is 1550. The second kappa shape index (κ2) is 9.37. The third-order valence-corrected chi connectivity index (χ3v) is 7.98. The van der Waals surface area contributed by atoms with E-state index in [1.807, 2.05) is 6.07 Å². The summed E-state index contributed by atoms with van der Waals surface area (Å²) in [6, 6.07) is 4.40. The number of barbiturate groups is 1. The Kier molecular flexibility index (Phi) is 6.28. The van der Waals surface area contributed by atoms with Crippen molar-refractivity contribution in [2.45, 2.75) is 45.2 Å². The van der Waals surface area contributed by atoms with Gasteiger partial charge in [0.2, 0.25) is 17.7 Å². The molecule has 1 spiro atoms. The number of allylic oxidation sites excluding steroid dienone is 1. The van der Waals surface area contributed by atoms with Gasteiger partial charge in [-0.3, -0.25) is 38.7 Å². The van der Waals surface area contributed by atoms with Gasteiger partial charge in [0.25, 0.3) is 5.56 Å². The number of hydrogen-bond acceptors (Lipinski definition) is 8. The molecule has 5 rings (SSSR count). The second-order valence-corrected chi connectivity index (χ2v) is 10.1. The fourth-order valence-electron chi connectivity index (χ4n) is 6.16. The van der Waals surface area contributed by atoms with Gasteiger partial charge >= 0.3 is 11.7 Å². The van der Waals surface area contributed by atoms with Crippen molar-refractivity contribution in [3.63, 3.8) is 0 Å². The number of fused-ring (bicyclic) bond motifs is 4. The van der Waals surface area contributed by atoms with Gasteiger partial charge in [-0.15, -0.1) is 6.58 Å². The molecule has 2 N–H and O–H groups in total. The van der Waals surface area contributed by atoms with Crippen LogP contribution in [-0.2, 0) is 22.6 Å². The van der Waals surface area contributed by atoms with Crippen LogP contribution in [0.3, 0.4) is 0 Å². The summed E-state index contributed by atoms with van der Waals surface area (Å²) >= 11 is 0. The molecule has 0 radical (unpaired) electrons. The maximum absolute atomic E-state index is 13.6. The minimum absolute atomic E-state index is 0.00315. The van der Waals surface area contributed by atoms with Crippen molar-refractivity contribution < 1.29 is 19.5 Å². The highest BCUT2D eigenvalue weighted by Gasteiger charge is 2.63. The fraction of sp³-hybridized carbons (Fsp3) is 0.407. The van der Waals surface area contributed by atoms with E-state index in [2.05, 4.69) is 21.5 Å². The summed E-state index contributed by atoms with van der Waals surface area (Å²) in [6.45, 7) is 6.01. The molecule has 4 heterocycles. The van der Waals surface area contributed by atoms with Gasteiger partial charge in [0, 0.05) is 32.9 Å². The standard InChI is InChI=1S/C27H30N6O6/c1-5-11-33-22(35)20(21(34)29-25(33)38)17(6-2)28-16-9-10-18-15(13-16)14-27(19-8-7-12-32(18)19)23(36)30(3)26(39)31(4)24(27)37/h5,9-10,13,19,35H,1,6-8,11-12,14H2,2-4H3,(H,29,34,38)/t19-/m1/s1. The molecule has 1 atom stereocenters. The zero-order valence-electron chi connectivity index (χ0n) is 22.1. The summed E-state index contributed by atoms with van der Waals surface area (Å²) in [5.41, 5.74) is -0.756. The zero-order chi connectivity index (χ0) is 28.2. The van der Waals surface area contributed by atoms with Crippen molar-refractivity contribution in [2.24, 2.45) is 10.4 Å². The van der Waals surface area contributed by atoms with Crippen molar-refractivity contribution in [2.75, 3.05) is 25.5 Å². The molecule has 0 bridgehead atoms. The Labute approximate surface area is 223 Å². The number of nitrogens with one attached hydrogen (secondary N) is 1. The Morgan fingerprint density at radius 3 is 2.51 bits per heavy atom. The number of rotatable bonds is 5. The average molecular weight is 535 g/mol. The quantitative estimate of drug-likeness (QED) is 0.336. The molecule has 2 aromatic rings. The SMILES string of the molecule is C=CCn1c(O)c(C(CC)=Nc2ccc3c(c2)CC2(C(=O)N(C)C(=O)N(C)C2=O)[C@H]2CCCN32)c(=O)[nH]c1=O. The van der Waals surface area contributed by atoms with Gasteiger partial charge in [0.05, 0.1) is 17.4 Å². The van der Waals surface area contributed by atoms with Gasteiger partial charge in [0.15, 0.2) is 5.41 Å². The first-order valence-corrected chi connectivity index (χ1v) is 12.8. The van der Waals surface area contributed by atoms with Crippen LogP contribution in [0, 0.1) is 5.41 Å². The highest BCUT2D eigenvalue weighted by molar-refractivity contribution is 6.20. The van der Waals surface area contributed by atoms with Gasteiger partial charge in [-0.1, -0.05) is 13.0 Å². The van der Waals surface area contributed by atoms with E-state index in [1.54, 1.807) is 19.1 Å². The van der Waals surface area contributed by atoms with E-state index in [-0.39, 0.29) is 36.7 Å². The van der Waals surface area contributed by atoms with E-state index in [9.17, 15) is 29.1 Å². The number of aromatic nitrogens is 2. The Balaban J connectivity index is 1.63. The Morgan fingerprint density at radius 2 is 1.87 bits per heavy atom. The molecule has 0 unspecified atom stereocenters. The third-order valence-electron chi connectivity index (χ3n) is 7.98. The van der Waals surface area contributed by atoms with E-state index >= 15 is 0 Å². The van der Waals surface area contributed by atoms with Crippen molar-refractivity contribution in [1.82, 2.24) is 19.4 Å². The van der Waals surface area contributed by atoms with E-state index < -0.39 is 40.4 Å². The fourth-order valence-corrected chi connectivity index (χ4v) is 6.16. The first kappa shape index (κ1) is 26.1. The number of aromatic amines is 1. The van der Waals surface area contributed by atoms with Crippen LogP contribution in [0.1, 0.15) is 37.3 Å². The third kappa shape index (κ3) is 3.73. The Hall–Kier alpha value is -4.48. The highest BCUT2D eigenvalue weighted by Crippen LogP contribution is 2.49. The lowest BCUT2D eigenvalue weighted by molar-refractivity contribution is -0.159. The van der Waals surface area contributed by atoms with Crippen molar-refractivity contribution in [3.8, 4) is 5.88 Å². The van der Waals surface area contributed by atoms with Crippen LogP contribution >= 0.6 is 0 Å². The molecule has 2 fully saturated rings. The minimum atomic E-state index is -1.44. The van der Waals surface area contributed by atoms with Gasteiger partial charge in [-0.25, -0.2) is 9.59 Å². The lowest BCUT2D eigenvalue weighted by Gasteiger charge is -2.50. The van der Waals surface area contributed by atoms with Gasteiger partial charge < -0.3 is 10.0 Å². The number of H-pyrrole nitrogens is 1. The number of imide groups is 2. The predicted octanol–water partition coefficient (Wildman–Crippen LogP) is 1.52. The topological polar surface area (TPSA) is 148 Å². The summed E-state index contributed by atoms with van der Waals surface area (Å²) in [4.78, 5) is 75.5. The van der Waals surface area contributed by atoms with Crippen molar-refractivity contribution >= 4 is 34.9 Å². The Morgan fingerprint density at radius 1 is 1.18 bits per heavy atom. The number of nitrogens with zero attached hydrogens (tertiary/aromatic N) is 5. The van der Waals surface area contributed by atoms with Crippen molar-refractivity contribution in [3.05, 3.63) is 62.8 Å². The summed E-state index contributed by atoms with van der Waals surface area (Å²) < 4.78 is 0.994. The molecule has 204 valence electrons. The van der Waals surface area contributed by atoms with Crippen LogP contribution in [0.15, 0.2) is 45.4 Å². The summed E-state index contributed by atoms with van der Waals surface area (Å²) in [7, 11) is 2.79. The normalized spacial score (nSPS) is 20.5. The molecular weight excluding hydrogens is 504 g/mol. The summed E-state index contributed by atoms with van der Waals surface area (Å²) in [5, 5.41) is 10.7. The molecule has 12 nitrogen and oxygen atoms in total. The molecule has 2 saturated heterocycles. The van der Waals surface area contributed by atoms with E-state index in [4.69, 9.17) is 0 Å². The van der Waals surface area contributed by atoms with Crippen LogP contribution < -0.4 is 16.1 Å².